The number of benzene rings is 2. The number of nitrogens with zero attached hydrogens (tertiary/aromatic N) is 1. The van der Waals surface area contributed by atoms with E-state index in [0.29, 0.717) is 5.95 Å². The van der Waals surface area contributed by atoms with Crippen LogP contribution < -0.4 is 5.32 Å². The molecule has 1 heterocycles. The Hall–Kier alpha value is -2.34. The van der Waals surface area contributed by atoms with Crippen LogP contribution in [0.4, 0.5) is 10.7 Å². The highest BCUT2D eigenvalue weighted by Gasteiger charge is 2.10. The fraction of sp³-hybridized carbons (Fsp3) is 0.125. The summed E-state index contributed by atoms with van der Waals surface area (Å²) in [5.41, 5.74) is 3.63. The van der Waals surface area contributed by atoms with Crippen molar-refractivity contribution in [1.82, 2.24) is 9.97 Å². The Balaban J connectivity index is 1.68. The van der Waals surface area contributed by atoms with E-state index >= 15 is 0 Å². The van der Waals surface area contributed by atoms with Crippen molar-refractivity contribution >= 4 is 39.0 Å². The average molecular weight is 360 g/mol. The number of aromatic amines is 1. The van der Waals surface area contributed by atoms with E-state index < -0.39 is 6.09 Å². The monoisotopic (exact) mass is 359 g/mol. The normalized spacial score (nSPS) is 10.6. The Labute approximate surface area is 135 Å². The number of fused-ring (bicyclic) bond motifs is 1. The highest BCUT2D eigenvalue weighted by atomic mass is 79.9. The van der Waals surface area contributed by atoms with E-state index in [1.165, 1.54) is 0 Å². The number of nitrogens with one attached hydrogen (secondary N) is 2. The van der Waals surface area contributed by atoms with Gasteiger partial charge in [0.15, 0.2) is 0 Å². The molecule has 5 nitrogen and oxygen atoms in total. The first-order valence-electron chi connectivity index (χ1n) is 6.75. The van der Waals surface area contributed by atoms with Crippen LogP contribution in [-0.4, -0.2) is 16.1 Å². The molecule has 0 saturated heterocycles. The van der Waals surface area contributed by atoms with Gasteiger partial charge in [-0.05, 0) is 30.2 Å². The summed E-state index contributed by atoms with van der Waals surface area (Å²) in [5.74, 6) is 0.370. The molecular weight excluding hydrogens is 346 g/mol. The number of halogens is 1. The van der Waals surface area contributed by atoms with Crippen LogP contribution in [0.5, 0.6) is 0 Å². The maximum absolute atomic E-state index is 11.8. The molecule has 0 aliphatic heterocycles. The lowest BCUT2D eigenvalue weighted by atomic mass is 10.2. The quantitative estimate of drug-likeness (QED) is 0.728. The highest BCUT2D eigenvalue weighted by Crippen LogP contribution is 2.23. The molecule has 6 heteroatoms. The van der Waals surface area contributed by atoms with E-state index in [2.05, 4.69) is 31.2 Å². The molecule has 112 valence electrons. The number of hydrogen-bond acceptors (Lipinski definition) is 3. The predicted molar refractivity (Wildman–Crippen MR) is 88.8 cm³/mol. The van der Waals surface area contributed by atoms with Gasteiger partial charge in [-0.25, -0.2) is 9.78 Å². The number of amides is 1. The van der Waals surface area contributed by atoms with E-state index in [9.17, 15) is 4.79 Å². The van der Waals surface area contributed by atoms with Crippen LogP contribution in [0.15, 0.2) is 46.9 Å². The lowest BCUT2D eigenvalue weighted by molar-refractivity contribution is 0.155. The van der Waals surface area contributed by atoms with Crippen molar-refractivity contribution in [2.45, 2.75) is 13.5 Å². The second kappa shape index (κ2) is 6.19. The van der Waals surface area contributed by atoms with Gasteiger partial charge >= 0.3 is 6.09 Å². The topological polar surface area (TPSA) is 67.0 Å². The van der Waals surface area contributed by atoms with Crippen molar-refractivity contribution in [2.75, 3.05) is 5.32 Å². The number of aromatic nitrogens is 2. The molecule has 0 aliphatic rings. The predicted octanol–water partition coefficient (Wildman–Crippen LogP) is 4.38. The van der Waals surface area contributed by atoms with Gasteiger partial charge in [0.05, 0.1) is 11.0 Å². The number of imidazole rings is 1. The highest BCUT2D eigenvalue weighted by molar-refractivity contribution is 9.10. The van der Waals surface area contributed by atoms with Crippen molar-refractivity contribution in [3.63, 3.8) is 0 Å². The molecule has 3 rings (SSSR count). The minimum absolute atomic E-state index is 0.220. The second-order valence-electron chi connectivity index (χ2n) is 4.89. The lowest BCUT2D eigenvalue weighted by Gasteiger charge is -2.04. The molecule has 0 unspecified atom stereocenters. The zero-order chi connectivity index (χ0) is 15.5. The minimum Gasteiger partial charge on any atom is -0.444 e. The van der Waals surface area contributed by atoms with E-state index in [-0.39, 0.29) is 6.61 Å². The van der Waals surface area contributed by atoms with Crippen molar-refractivity contribution in [3.8, 4) is 0 Å². The number of carbonyl (C=O) groups excluding carboxylic acids is 1. The maximum Gasteiger partial charge on any atom is 0.414 e. The molecule has 0 aliphatic carbocycles. The number of hydrogen-bond donors (Lipinski definition) is 2. The first-order chi connectivity index (χ1) is 10.6. The zero-order valence-corrected chi connectivity index (χ0v) is 13.5. The Morgan fingerprint density at radius 3 is 2.86 bits per heavy atom. The Morgan fingerprint density at radius 1 is 1.32 bits per heavy atom. The molecule has 0 spiro atoms. The Kier molecular flexibility index (Phi) is 4.11. The summed E-state index contributed by atoms with van der Waals surface area (Å²) >= 11 is 3.43. The molecule has 0 fully saturated rings. The first-order valence-corrected chi connectivity index (χ1v) is 7.55. The molecule has 2 N–H and O–H groups in total. The van der Waals surface area contributed by atoms with Crippen LogP contribution in [0.3, 0.4) is 0 Å². The van der Waals surface area contributed by atoms with E-state index in [1.807, 2.05) is 49.4 Å². The summed E-state index contributed by atoms with van der Waals surface area (Å²) in [6.07, 6.45) is -0.542. The number of anilines is 1. The van der Waals surface area contributed by atoms with Gasteiger partial charge in [-0.15, -0.1) is 0 Å². The summed E-state index contributed by atoms with van der Waals surface area (Å²) in [6, 6.07) is 13.4. The van der Waals surface area contributed by atoms with E-state index in [1.54, 1.807) is 0 Å². The number of aryl methyl sites for hydroxylation is 1. The third kappa shape index (κ3) is 3.28. The van der Waals surface area contributed by atoms with Gasteiger partial charge < -0.3 is 9.72 Å². The van der Waals surface area contributed by atoms with Crippen molar-refractivity contribution in [3.05, 3.63) is 58.1 Å². The minimum atomic E-state index is -0.542. The Morgan fingerprint density at radius 2 is 2.09 bits per heavy atom. The van der Waals surface area contributed by atoms with Crippen LogP contribution in [-0.2, 0) is 11.3 Å². The largest absolute Gasteiger partial charge is 0.444 e. The average Bonchev–Trinajstić information content (AvgIpc) is 2.89. The standard InChI is InChI=1S/C16H14BrN3O2/c1-10-7-12(17)8-13-14(10)19-15(18-13)20-16(21)22-9-11-5-3-2-4-6-11/h2-8H,9H2,1H3,(H2,18,19,20,21). The number of carbonyl (C=O) groups is 1. The SMILES string of the molecule is Cc1cc(Br)cc2[nH]c(NC(=O)OCc3ccccc3)nc12. The summed E-state index contributed by atoms with van der Waals surface area (Å²) in [4.78, 5) is 19.2. The number of H-pyrrole nitrogens is 1. The van der Waals surface area contributed by atoms with Gasteiger partial charge in [0.2, 0.25) is 5.95 Å². The smallest absolute Gasteiger partial charge is 0.414 e. The van der Waals surface area contributed by atoms with Gasteiger partial charge in [-0.3, -0.25) is 5.32 Å². The van der Waals surface area contributed by atoms with Crippen molar-refractivity contribution in [1.29, 1.82) is 0 Å². The fourth-order valence-corrected chi connectivity index (χ4v) is 2.73. The molecule has 0 atom stereocenters. The third-order valence-corrected chi connectivity index (χ3v) is 3.63. The van der Waals surface area contributed by atoms with Gasteiger partial charge in [0.1, 0.15) is 6.61 Å². The van der Waals surface area contributed by atoms with Crippen LogP contribution in [0.2, 0.25) is 0 Å². The number of rotatable bonds is 3. The molecule has 2 aromatic carbocycles. The molecule has 22 heavy (non-hydrogen) atoms. The van der Waals surface area contributed by atoms with Crippen LogP contribution in [0.25, 0.3) is 11.0 Å². The summed E-state index contributed by atoms with van der Waals surface area (Å²) < 4.78 is 6.12. The zero-order valence-electron chi connectivity index (χ0n) is 11.9. The Bertz CT molecular complexity index is 815. The van der Waals surface area contributed by atoms with Gasteiger partial charge in [-0.2, -0.15) is 0 Å². The summed E-state index contributed by atoms with van der Waals surface area (Å²) in [6.45, 7) is 2.18. The molecule has 0 radical (unpaired) electrons. The molecular formula is C16H14BrN3O2. The van der Waals surface area contributed by atoms with E-state index in [4.69, 9.17) is 4.74 Å². The van der Waals surface area contributed by atoms with Crippen molar-refractivity contribution in [2.24, 2.45) is 0 Å². The maximum atomic E-state index is 11.8. The lowest BCUT2D eigenvalue weighted by Crippen LogP contribution is -2.14. The fourth-order valence-electron chi connectivity index (χ4n) is 2.16. The molecule has 0 saturated carbocycles. The van der Waals surface area contributed by atoms with Crippen molar-refractivity contribution < 1.29 is 9.53 Å². The molecule has 1 amide bonds. The van der Waals surface area contributed by atoms with Gasteiger partial charge in [0.25, 0.3) is 0 Å². The summed E-state index contributed by atoms with van der Waals surface area (Å²) in [5, 5.41) is 2.61. The van der Waals surface area contributed by atoms with Crippen LogP contribution >= 0.6 is 15.9 Å². The van der Waals surface area contributed by atoms with Crippen LogP contribution in [0, 0.1) is 6.92 Å². The van der Waals surface area contributed by atoms with Gasteiger partial charge in [-0.1, -0.05) is 46.3 Å². The second-order valence-corrected chi connectivity index (χ2v) is 5.81. The molecule has 0 bridgehead atoms. The van der Waals surface area contributed by atoms with Gasteiger partial charge in [0, 0.05) is 4.47 Å². The first kappa shape index (κ1) is 14.6. The summed E-state index contributed by atoms with van der Waals surface area (Å²) in [7, 11) is 0. The third-order valence-electron chi connectivity index (χ3n) is 3.18. The van der Waals surface area contributed by atoms with E-state index in [0.717, 1.165) is 26.6 Å². The van der Waals surface area contributed by atoms with Crippen LogP contribution in [0.1, 0.15) is 11.1 Å². The molecule has 1 aromatic heterocycles. The number of ether oxygens (including phenoxy) is 1. The molecule has 3 aromatic rings.